The maximum atomic E-state index is 2.47. The van der Waals surface area contributed by atoms with Crippen molar-refractivity contribution < 1.29 is 0 Å². The highest BCUT2D eigenvalue weighted by Gasteiger charge is 2.37. The second kappa shape index (κ2) is 17.2. The SMILES string of the molecule is CC1(C)c2ccccc2-c2ccc(-n3c4ccccc4c4cc(-c5ccc6c(-c7ccccc7)c7cc(-c8ccc9c(c8)c8ccccc8n9-c8ccc9c(c8)C(C)(C)c8ccccc8-9)ccc7c(-c7ccccc7)c6c5)ccc43)cc21. The average Bonchev–Trinajstić information content (AvgIpc) is 4.18. The van der Waals surface area contributed by atoms with Crippen molar-refractivity contribution in [3.8, 4) is 78.1 Å². The summed E-state index contributed by atoms with van der Waals surface area (Å²) >= 11 is 0. The van der Waals surface area contributed by atoms with Crippen LogP contribution in [0.1, 0.15) is 49.9 Å². The largest absolute Gasteiger partial charge is 0.309 e. The van der Waals surface area contributed by atoms with Crippen LogP contribution in [0.2, 0.25) is 0 Å². The van der Waals surface area contributed by atoms with E-state index < -0.39 is 0 Å². The minimum Gasteiger partial charge on any atom is -0.309 e. The van der Waals surface area contributed by atoms with Crippen LogP contribution in [0.5, 0.6) is 0 Å². The molecule has 2 heterocycles. The van der Waals surface area contributed by atoms with Gasteiger partial charge in [0.25, 0.3) is 0 Å². The fraction of sp³-hybridized carbons (Fsp3) is 0.0750. The Bertz CT molecular complexity index is 4870. The zero-order valence-electron chi connectivity index (χ0n) is 46.3. The molecule has 0 spiro atoms. The Kier molecular flexibility index (Phi) is 9.85. The van der Waals surface area contributed by atoms with Crippen molar-refractivity contribution in [1.29, 1.82) is 0 Å². The summed E-state index contributed by atoms with van der Waals surface area (Å²) in [5.41, 5.74) is 27.6. The molecule has 0 fully saturated rings. The van der Waals surface area contributed by atoms with Crippen molar-refractivity contribution in [2.45, 2.75) is 38.5 Å². The summed E-state index contributed by atoms with van der Waals surface area (Å²) in [5.74, 6) is 0. The van der Waals surface area contributed by atoms with Crippen LogP contribution in [0.25, 0.3) is 143 Å². The van der Waals surface area contributed by atoms with Crippen LogP contribution < -0.4 is 0 Å². The Morgan fingerprint density at radius 3 is 1.00 bits per heavy atom. The molecule has 2 heteroatoms. The zero-order chi connectivity index (χ0) is 54.6. The fourth-order valence-corrected chi connectivity index (χ4v) is 14.9. The number of hydrogen-bond donors (Lipinski definition) is 0. The maximum Gasteiger partial charge on any atom is 0.0541 e. The van der Waals surface area contributed by atoms with Gasteiger partial charge in [-0.1, -0.05) is 222 Å². The summed E-state index contributed by atoms with van der Waals surface area (Å²) in [7, 11) is 0. The Morgan fingerprint density at radius 1 is 0.220 bits per heavy atom. The Labute approximate surface area is 477 Å². The number of rotatable bonds is 6. The topological polar surface area (TPSA) is 9.86 Å². The lowest BCUT2D eigenvalue weighted by atomic mass is 9.82. The zero-order valence-corrected chi connectivity index (χ0v) is 46.3. The molecular formula is C80H56N2. The van der Waals surface area contributed by atoms with E-state index in [1.54, 1.807) is 0 Å². The van der Waals surface area contributed by atoms with Crippen molar-refractivity contribution in [2.24, 2.45) is 0 Å². The molecule has 17 rings (SSSR count). The summed E-state index contributed by atoms with van der Waals surface area (Å²) in [5, 5.41) is 9.94. The molecule has 0 saturated carbocycles. The third kappa shape index (κ3) is 6.64. The predicted molar refractivity (Wildman–Crippen MR) is 347 cm³/mol. The average molecular weight is 1050 g/mol. The number of nitrogens with zero attached hydrogens (tertiary/aromatic N) is 2. The molecule has 0 aliphatic heterocycles. The molecule has 0 bridgehead atoms. The van der Waals surface area contributed by atoms with Crippen molar-refractivity contribution in [1.82, 2.24) is 9.13 Å². The highest BCUT2D eigenvalue weighted by atomic mass is 15.0. The van der Waals surface area contributed by atoms with E-state index in [4.69, 9.17) is 0 Å². The van der Waals surface area contributed by atoms with Crippen molar-refractivity contribution in [3.63, 3.8) is 0 Å². The van der Waals surface area contributed by atoms with Crippen LogP contribution in [0.3, 0.4) is 0 Å². The van der Waals surface area contributed by atoms with Crippen LogP contribution >= 0.6 is 0 Å². The van der Waals surface area contributed by atoms with Gasteiger partial charge in [-0.3, -0.25) is 0 Å². The second-order valence-corrected chi connectivity index (χ2v) is 24.0. The Morgan fingerprint density at radius 2 is 0.561 bits per heavy atom. The molecule has 2 aromatic heterocycles. The van der Waals surface area contributed by atoms with Gasteiger partial charge in [0.1, 0.15) is 0 Å². The van der Waals surface area contributed by atoms with Crippen molar-refractivity contribution in [2.75, 3.05) is 0 Å². The molecule has 2 nitrogen and oxygen atoms in total. The van der Waals surface area contributed by atoms with Gasteiger partial charge in [0, 0.05) is 43.7 Å². The molecule has 0 unspecified atom stereocenters. The first kappa shape index (κ1) is 46.9. The number of fused-ring (bicyclic) bond motifs is 14. The van der Waals surface area contributed by atoms with Gasteiger partial charge in [-0.2, -0.15) is 0 Å². The van der Waals surface area contributed by atoms with E-state index in [2.05, 4.69) is 304 Å². The number of para-hydroxylation sites is 2. The summed E-state index contributed by atoms with van der Waals surface area (Å²) in [6.45, 7) is 9.47. The van der Waals surface area contributed by atoms with E-state index >= 15 is 0 Å². The minimum absolute atomic E-state index is 0.0912. The summed E-state index contributed by atoms with van der Waals surface area (Å²) < 4.78 is 4.94. The molecule has 15 aromatic rings. The maximum absolute atomic E-state index is 2.47. The van der Waals surface area contributed by atoms with E-state index in [1.807, 2.05) is 0 Å². The highest BCUT2D eigenvalue weighted by molar-refractivity contribution is 6.23. The first-order chi connectivity index (χ1) is 40.2. The molecule has 0 amide bonds. The fourth-order valence-electron chi connectivity index (χ4n) is 14.9. The van der Waals surface area contributed by atoms with E-state index in [9.17, 15) is 0 Å². The predicted octanol–water partition coefficient (Wildman–Crippen LogP) is 21.5. The minimum atomic E-state index is -0.0912. The standard InChI is InChI=1S/C80H56N2/c1-79(2)69-27-15-11-23-57(69)59-39-35-55(47-71(59)79)81-73-29-17-13-25-61(73)65-43-53(33-41-75(65)81)51-31-37-63-67(45-51)77(49-19-7-5-8-20-49)64-38-32-52(46-68(64)78(63)50-21-9-6-10-22-50)54-34-42-76-66(44-54)62-26-14-18-30-74(62)82(76)56-36-40-60-58-24-12-16-28-70(58)80(3,4)72(60)48-56/h5-48H,1-4H3. The van der Waals surface area contributed by atoms with Gasteiger partial charge in [-0.15, -0.1) is 0 Å². The second-order valence-electron chi connectivity index (χ2n) is 24.0. The van der Waals surface area contributed by atoms with Crippen molar-refractivity contribution in [3.05, 3.63) is 289 Å². The van der Waals surface area contributed by atoms with Crippen LogP contribution in [0.15, 0.2) is 267 Å². The molecule has 0 radical (unpaired) electrons. The van der Waals surface area contributed by atoms with E-state index in [1.165, 1.54) is 166 Å². The summed E-state index contributed by atoms with van der Waals surface area (Å²) in [6.07, 6.45) is 0. The smallest absolute Gasteiger partial charge is 0.0541 e. The molecule has 0 saturated heterocycles. The van der Waals surface area contributed by atoms with Gasteiger partial charge in [0.05, 0.1) is 22.1 Å². The normalized spacial score (nSPS) is 13.8. The number of aromatic nitrogens is 2. The van der Waals surface area contributed by atoms with Gasteiger partial charge < -0.3 is 9.13 Å². The lowest BCUT2D eigenvalue weighted by molar-refractivity contribution is 0.660. The lowest BCUT2D eigenvalue weighted by Crippen LogP contribution is -2.15. The molecule has 0 atom stereocenters. The van der Waals surface area contributed by atoms with Crippen LogP contribution in [0, 0.1) is 0 Å². The van der Waals surface area contributed by atoms with Crippen LogP contribution in [0.4, 0.5) is 0 Å². The summed E-state index contributed by atoms with van der Waals surface area (Å²) in [6, 6.07) is 101. The van der Waals surface area contributed by atoms with E-state index in [0.29, 0.717) is 0 Å². The lowest BCUT2D eigenvalue weighted by Gasteiger charge is -2.22. The Balaban J connectivity index is 0.825. The van der Waals surface area contributed by atoms with Gasteiger partial charge in [-0.05, 0) is 183 Å². The first-order valence-corrected chi connectivity index (χ1v) is 28.9. The molecule has 0 N–H and O–H groups in total. The molecule has 2 aliphatic rings. The third-order valence-corrected chi connectivity index (χ3v) is 18.9. The summed E-state index contributed by atoms with van der Waals surface area (Å²) in [4.78, 5) is 0. The van der Waals surface area contributed by atoms with E-state index in [-0.39, 0.29) is 10.8 Å². The van der Waals surface area contributed by atoms with Gasteiger partial charge >= 0.3 is 0 Å². The molecule has 82 heavy (non-hydrogen) atoms. The van der Waals surface area contributed by atoms with Gasteiger partial charge in [-0.25, -0.2) is 0 Å². The van der Waals surface area contributed by atoms with Gasteiger partial charge in [0.2, 0.25) is 0 Å². The van der Waals surface area contributed by atoms with Crippen molar-refractivity contribution >= 4 is 65.2 Å². The molecular weight excluding hydrogens is 989 g/mol. The Hall–Kier alpha value is -10.0. The highest BCUT2D eigenvalue weighted by Crippen LogP contribution is 2.52. The monoisotopic (exact) mass is 1040 g/mol. The molecule has 2 aliphatic carbocycles. The van der Waals surface area contributed by atoms with Crippen LogP contribution in [-0.4, -0.2) is 9.13 Å². The molecule has 386 valence electrons. The van der Waals surface area contributed by atoms with Crippen LogP contribution in [-0.2, 0) is 10.8 Å². The molecule has 13 aromatic carbocycles. The van der Waals surface area contributed by atoms with E-state index in [0.717, 1.165) is 0 Å². The third-order valence-electron chi connectivity index (χ3n) is 18.9. The first-order valence-electron chi connectivity index (χ1n) is 28.9. The number of hydrogen-bond acceptors (Lipinski definition) is 0. The van der Waals surface area contributed by atoms with Gasteiger partial charge in [0.15, 0.2) is 0 Å². The quantitative estimate of drug-likeness (QED) is 0.147. The number of benzene rings is 13.